The van der Waals surface area contributed by atoms with Gasteiger partial charge in [-0.2, -0.15) is 0 Å². The molecule has 5 aromatic carbocycles. The van der Waals surface area contributed by atoms with Crippen LogP contribution in [0.3, 0.4) is 0 Å². The third kappa shape index (κ3) is 3.55. The maximum Gasteiger partial charge on any atom is 0.0713 e. The first-order chi connectivity index (χ1) is 17.7. The van der Waals surface area contributed by atoms with Crippen LogP contribution in [0.2, 0.25) is 0 Å². The van der Waals surface area contributed by atoms with E-state index in [1.54, 1.807) is 0 Å². The summed E-state index contributed by atoms with van der Waals surface area (Å²) in [6.45, 7) is 5.41. The van der Waals surface area contributed by atoms with Gasteiger partial charge in [-0.25, -0.2) is 0 Å². The number of hydrogen-bond donors (Lipinski definition) is 0. The highest BCUT2D eigenvalue weighted by molar-refractivity contribution is 5.86. The molecule has 0 spiro atoms. The smallest absolute Gasteiger partial charge is 0.0713 e. The Morgan fingerprint density at radius 2 is 1.08 bits per heavy atom. The molecule has 0 N–H and O–H groups in total. The monoisotopic (exact) mass is 465 g/mol. The van der Waals surface area contributed by atoms with Crippen molar-refractivity contribution in [3.05, 3.63) is 161 Å². The molecule has 6 rings (SSSR count). The molecule has 0 saturated heterocycles. The Balaban J connectivity index is 1.58. The Morgan fingerprint density at radius 3 is 1.69 bits per heavy atom. The zero-order valence-corrected chi connectivity index (χ0v) is 20.9. The van der Waals surface area contributed by atoms with E-state index in [1.807, 2.05) is 0 Å². The Bertz CT molecular complexity index is 1430. The van der Waals surface area contributed by atoms with E-state index in [4.69, 9.17) is 0 Å². The Kier molecular flexibility index (Phi) is 5.70. The van der Waals surface area contributed by atoms with Gasteiger partial charge in [-0.1, -0.05) is 121 Å². The van der Waals surface area contributed by atoms with E-state index in [2.05, 4.69) is 152 Å². The average Bonchev–Trinajstić information content (AvgIpc) is 3.23. The van der Waals surface area contributed by atoms with E-state index in [-0.39, 0.29) is 5.41 Å². The first-order valence-electron chi connectivity index (χ1n) is 12.9. The normalized spacial score (nSPS) is 13.3. The maximum atomic E-state index is 2.48. The molecule has 0 fully saturated rings. The third-order valence-electron chi connectivity index (χ3n) is 7.59. The van der Waals surface area contributed by atoms with E-state index < -0.39 is 0 Å². The molecule has 1 aliphatic rings. The highest BCUT2D eigenvalue weighted by Crippen LogP contribution is 2.56. The van der Waals surface area contributed by atoms with Crippen LogP contribution in [-0.4, -0.2) is 6.04 Å². The van der Waals surface area contributed by atoms with Gasteiger partial charge in [-0.15, -0.1) is 0 Å². The molecule has 1 aliphatic carbocycles. The van der Waals surface area contributed by atoms with Gasteiger partial charge in [0.1, 0.15) is 0 Å². The van der Waals surface area contributed by atoms with Gasteiger partial charge in [0.15, 0.2) is 0 Å². The van der Waals surface area contributed by atoms with E-state index in [9.17, 15) is 0 Å². The lowest BCUT2D eigenvalue weighted by Crippen LogP contribution is -2.31. The molecule has 0 atom stereocenters. The number of para-hydroxylation sites is 1. The van der Waals surface area contributed by atoms with Crippen molar-refractivity contribution in [2.45, 2.75) is 31.8 Å². The molecule has 0 unspecified atom stereocenters. The summed E-state index contributed by atoms with van der Waals surface area (Å²) in [6, 6.07) is 49.3. The molecule has 1 heteroatoms. The summed E-state index contributed by atoms with van der Waals surface area (Å²) in [5.41, 5.74) is 10.2. The number of hydrogen-bond acceptors (Lipinski definition) is 1. The number of benzene rings is 5. The van der Waals surface area contributed by atoms with Gasteiger partial charge in [-0.05, 0) is 64.9 Å². The standard InChI is InChI=1S/C35H31N/c1-26(2)36(30-18-10-5-11-19-30)25-27-22-23-32-31-20-12-13-21-33(31)35(34(32)24-27,28-14-6-3-7-15-28)29-16-8-4-9-17-29/h3-24,26H,25H2,1-2H3. The molecule has 0 radical (unpaired) electrons. The van der Waals surface area contributed by atoms with Gasteiger partial charge in [0.05, 0.1) is 5.41 Å². The van der Waals surface area contributed by atoms with Crippen molar-refractivity contribution in [3.8, 4) is 11.1 Å². The molecule has 0 aromatic heterocycles. The summed E-state index contributed by atoms with van der Waals surface area (Å²) < 4.78 is 0. The van der Waals surface area contributed by atoms with E-state index in [0.29, 0.717) is 6.04 Å². The second kappa shape index (κ2) is 9.17. The SMILES string of the molecule is CC(C)N(Cc1ccc2c(c1)C(c1ccccc1)(c1ccccc1)c1ccccc1-2)c1ccccc1. The summed E-state index contributed by atoms with van der Waals surface area (Å²) in [7, 11) is 0. The molecule has 36 heavy (non-hydrogen) atoms. The van der Waals surface area contributed by atoms with E-state index in [0.717, 1.165) is 6.54 Å². The van der Waals surface area contributed by atoms with Gasteiger partial charge in [0.25, 0.3) is 0 Å². The topological polar surface area (TPSA) is 3.24 Å². The summed E-state index contributed by atoms with van der Waals surface area (Å²) in [4.78, 5) is 2.48. The summed E-state index contributed by atoms with van der Waals surface area (Å²) in [5.74, 6) is 0. The van der Waals surface area contributed by atoms with Crippen molar-refractivity contribution < 1.29 is 0 Å². The largest absolute Gasteiger partial charge is 0.365 e. The minimum absolute atomic E-state index is 0.347. The number of fused-ring (bicyclic) bond motifs is 3. The minimum atomic E-state index is -0.347. The quantitative estimate of drug-likeness (QED) is 0.238. The molecular weight excluding hydrogens is 434 g/mol. The number of nitrogens with zero attached hydrogens (tertiary/aromatic N) is 1. The van der Waals surface area contributed by atoms with Crippen LogP contribution in [0.15, 0.2) is 133 Å². The number of rotatable bonds is 6. The van der Waals surface area contributed by atoms with Crippen molar-refractivity contribution in [2.75, 3.05) is 4.90 Å². The Morgan fingerprint density at radius 1 is 0.556 bits per heavy atom. The first kappa shape index (κ1) is 22.4. The Labute approximate surface area is 214 Å². The molecule has 0 heterocycles. The predicted molar refractivity (Wildman–Crippen MR) is 152 cm³/mol. The van der Waals surface area contributed by atoms with Crippen LogP contribution in [0.5, 0.6) is 0 Å². The zero-order valence-electron chi connectivity index (χ0n) is 20.9. The van der Waals surface area contributed by atoms with E-state index in [1.165, 1.54) is 44.6 Å². The lowest BCUT2D eigenvalue weighted by atomic mass is 9.67. The molecule has 0 bridgehead atoms. The summed E-state index contributed by atoms with van der Waals surface area (Å²) in [6.07, 6.45) is 0. The van der Waals surface area contributed by atoms with Crippen LogP contribution in [0.1, 0.15) is 41.7 Å². The van der Waals surface area contributed by atoms with Gasteiger partial charge < -0.3 is 4.90 Å². The van der Waals surface area contributed by atoms with Crippen molar-refractivity contribution >= 4 is 5.69 Å². The van der Waals surface area contributed by atoms with Crippen LogP contribution in [0, 0.1) is 0 Å². The number of anilines is 1. The fraction of sp³-hybridized carbons (Fsp3) is 0.143. The third-order valence-corrected chi connectivity index (χ3v) is 7.59. The second-order valence-corrected chi connectivity index (χ2v) is 9.96. The van der Waals surface area contributed by atoms with Gasteiger partial charge in [-0.3, -0.25) is 0 Å². The van der Waals surface area contributed by atoms with Crippen molar-refractivity contribution in [1.29, 1.82) is 0 Å². The fourth-order valence-corrected chi connectivity index (χ4v) is 5.98. The fourth-order valence-electron chi connectivity index (χ4n) is 5.98. The van der Waals surface area contributed by atoms with Gasteiger partial charge in [0.2, 0.25) is 0 Å². The summed E-state index contributed by atoms with van der Waals surface area (Å²) >= 11 is 0. The van der Waals surface area contributed by atoms with Gasteiger partial charge >= 0.3 is 0 Å². The second-order valence-electron chi connectivity index (χ2n) is 9.96. The van der Waals surface area contributed by atoms with Crippen LogP contribution >= 0.6 is 0 Å². The predicted octanol–water partition coefficient (Wildman–Crippen LogP) is 8.46. The lowest BCUT2D eigenvalue weighted by Gasteiger charge is -2.34. The zero-order chi connectivity index (χ0) is 24.5. The van der Waals surface area contributed by atoms with Crippen molar-refractivity contribution in [2.24, 2.45) is 0 Å². The molecule has 0 aliphatic heterocycles. The van der Waals surface area contributed by atoms with Gasteiger partial charge in [0, 0.05) is 18.3 Å². The lowest BCUT2D eigenvalue weighted by molar-refractivity contribution is 0.680. The van der Waals surface area contributed by atoms with Crippen LogP contribution < -0.4 is 4.90 Å². The molecule has 5 aromatic rings. The molecule has 0 saturated carbocycles. The maximum absolute atomic E-state index is 2.48. The molecule has 0 amide bonds. The van der Waals surface area contributed by atoms with Crippen molar-refractivity contribution in [1.82, 2.24) is 0 Å². The highest BCUT2D eigenvalue weighted by atomic mass is 15.1. The molecular formula is C35H31N. The van der Waals surface area contributed by atoms with Crippen molar-refractivity contribution in [3.63, 3.8) is 0 Å². The molecule has 1 nitrogen and oxygen atoms in total. The highest BCUT2D eigenvalue weighted by Gasteiger charge is 2.45. The summed E-state index contributed by atoms with van der Waals surface area (Å²) in [5, 5.41) is 0. The average molecular weight is 466 g/mol. The minimum Gasteiger partial charge on any atom is -0.365 e. The van der Waals surface area contributed by atoms with Crippen LogP contribution in [0.25, 0.3) is 11.1 Å². The van der Waals surface area contributed by atoms with Crippen LogP contribution in [0.4, 0.5) is 5.69 Å². The first-order valence-corrected chi connectivity index (χ1v) is 12.9. The Hall–Kier alpha value is -4.10. The van der Waals surface area contributed by atoms with E-state index >= 15 is 0 Å². The van der Waals surface area contributed by atoms with Crippen LogP contribution in [-0.2, 0) is 12.0 Å². The molecule has 176 valence electrons.